The number of fused-ring (bicyclic) bond motifs is 1. The molecule has 1 aliphatic rings. The highest BCUT2D eigenvalue weighted by molar-refractivity contribution is 7.92. The lowest BCUT2D eigenvalue weighted by Crippen LogP contribution is -2.45. The maximum Gasteiger partial charge on any atom is 0.427 e. The van der Waals surface area contributed by atoms with Gasteiger partial charge in [-0.05, 0) is 44.2 Å². The quantitative estimate of drug-likeness (QED) is 0.399. The third-order valence-corrected chi connectivity index (χ3v) is 7.43. The number of halogens is 4. The van der Waals surface area contributed by atoms with Crippen LogP contribution in [0.15, 0.2) is 41.3 Å². The van der Waals surface area contributed by atoms with E-state index in [1.165, 1.54) is 12.1 Å². The summed E-state index contributed by atoms with van der Waals surface area (Å²) in [4.78, 5) is 22.9. The van der Waals surface area contributed by atoms with Crippen molar-refractivity contribution in [2.75, 3.05) is 23.3 Å². The van der Waals surface area contributed by atoms with E-state index in [9.17, 15) is 40.7 Å². The van der Waals surface area contributed by atoms with Gasteiger partial charge in [0.1, 0.15) is 11.9 Å². The van der Waals surface area contributed by atoms with Gasteiger partial charge >= 0.3 is 18.2 Å². The van der Waals surface area contributed by atoms with Crippen molar-refractivity contribution in [1.29, 1.82) is 0 Å². The molecule has 2 atom stereocenters. The second-order valence-electron chi connectivity index (χ2n) is 8.87. The van der Waals surface area contributed by atoms with Gasteiger partial charge in [0, 0.05) is 18.2 Å². The molecule has 0 saturated carbocycles. The van der Waals surface area contributed by atoms with Crippen LogP contribution in [0.2, 0.25) is 0 Å². The SMILES string of the molecule is COc1cc(S(=O)(=O)N2CC(CC(O)C(=O)O)Oc3ccc(NC(=O)OC(C)(C)C(F)(F)F)cc32)ccc1F. The number of carboxylic acids is 1. The van der Waals surface area contributed by atoms with Gasteiger partial charge in [-0.3, -0.25) is 9.62 Å². The molecular formula is C23H24F4N2O9S. The molecule has 0 bridgehead atoms. The Hall–Kier alpha value is -3.79. The Morgan fingerprint density at radius 2 is 1.87 bits per heavy atom. The molecule has 3 rings (SSSR count). The molecule has 39 heavy (non-hydrogen) atoms. The number of nitrogens with zero attached hydrogens (tertiary/aromatic N) is 1. The predicted molar refractivity (Wildman–Crippen MR) is 127 cm³/mol. The Balaban J connectivity index is 2.01. The van der Waals surface area contributed by atoms with Crippen LogP contribution in [0.4, 0.5) is 33.7 Å². The molecule has 0 aliphatic carbocycles. The van der Waals surface area contributed by atoms with Gasteiger partial charge in [-0.2, -0.15) is 13.2 Å². The molecule has 0 saturated heterocycles. The van der Waals surface area contributed by atoms with Crippen LogP contribution in [0.1, 0.15) is 20.3 Å². The monoisotopic (exact) mass is 580 g/mol. The minimum absolute atomic E-state index is 0.115. The van der Waals surface area contributed by atoms with Crippen LogP contribution in [0.25, 0.3) is 0 Å². The summed E-state index contributed by atoms with van der Waals surface area (Å²) >= 11 is 0. The lowest BCUT2D eigenvalue weighted by Gasteiger charge is -2.36. The van der Waals surface area contributed by atoms with Crippen molar-refractivity contribution < 1.29 is 60.0 Å². The lowest BCUT2D eigenvalue weighted by atomic mass is 10.1. The van der Waals surface area contributed by atoms with Crippen LogP contribution in [-0.2, 0) is 19.6 Å². The zero-order chi connectivity index (χ0) is 29.3. The number of methoxy groups -OCH3 is 1. The van der Waals surface area contributed by atoms with Gasteiger partial charge in [0.15, 0.2) is 17.7 Å². The van der Waals surface area contributed by atoms with Crippen LogP contribution in [-0.4, -0.2) is 68.3 Å². The zero-order valence-electron chi connectivity index (χ0n) is 20.7. The van der Waals surface area contributed by atoms with Crippen molar-refractivity contribution in [3.05, 3.63) is 42.2 Å². The molecule has 0 spiro atoms. The van der Waals surface area contributed by atoms with Gasteiger partial charge in [-0.15, -0.1) is 0 Å². The van der Waals surface area contributed by atoms with E-state index in [0.717, 1.165) is 35.7 Å². The summed E-state index contributed by atoms with van der Waals surface area (Å²) in [6.45, 7) is 0.767. The summed E-state index contributed by atoms with van der Waals surface area (Å²) < 4.78 is 96.1. The molecule has 2 unspecified atom stereocenters. The number of anilines is 2. The largest absolute Gasteiger partial charge is 0.494 e. The Morgan fingerprint density at radius 3 is 2.46 bits per heavy atom. The Labute approximate surface area is 219 Å². The number of sulfonamides is 1. The van der Waals surface area contributed by atoms with Crippen molar-refractivity contribution in [2.45, 2.75) is 49.1 Å². The van der Waals surface area contributed by atoms with E-state index in [2.05, 4.69) is 10.1 Å². The molecule has 11 nitrogen and oxygen atoms in total. The number of nitrogens with one attached hydrogen (secondary N) is 1. The number of carboxylic acid groups (broad SMARTS) is 1. The normalized spacial score (nSPS) is 16.5. The summed E-state index contributed by atoms with van der Waals surface area (Å²) in [5, 5.41) is 20.9. The van der Waals surface area contributed by atoms with Gasteiger partial charge in [0.25, 0.3) is 10.0 Å². The molecule has 0 radical (unpaired) electrons. The molecule has 0 fully saturated rings. The van der Waals surface area contributed by atoms with Crippen LogP contribution >= 0.6 is 0 Å². The molecule has 1 amide bonds. The molecule has 214 valence electrons. The van der Waals surface area contributed by atoms with E-state index >= 15 is 0 Å². The number of hydrogen-bond donors (Lipinski definition) is 3. The highest BCUT2D eigenvalue weighted by Gasteiger charge is 2.51. The molecule has 3 N–H and O–H groups in total. The zero-order valence-corrected chi connectivity index (χ0v) is 21.5. The number of carbonyl (C=O) groups is 2. The summed E-state index contributed by atoms with van der Waals surface area (Å²) in [6.07, 6.45) is -9.90. The number of ether oxygens (including phenoxy) is 3. The molecular weight excluding hydrogens is 556 g/mol. The van der Waals surface area contributed by atoms with Crippen LogP contribution in [0.5, 0.6) is 11.5 Å². The Kier molecular flexibility index (Phi) is 8.21. The van der Waals surface area contributed by atoms with Gasteiger partial charge in [-0.25, -0.2) is 22.4 Å². The van der Waals surface area contributed by atoms with Crippen LogP contribution in [0, 0.1) is 5.82 Å². The van der Waals surface area contributed by atoms with Gasteiger partial charge in [0.05, 0.1) is 24.2 Å². The highest BCUT2D eigenvalue weighted by Crippen LogP contribution is 2.40. The number of benzene rings is 2. The average molecular weight is 581 g/mol. The fourth-order valence-corrected chi connectivity index (χ4v) is 4.97. The van der Waals surface area contributed by atoms with Crippen molar-refractivity contribution >= 4 is 33.5 Å². The van der Waals surface area contributed by atoms with Crippen molar-refractivity contribution in [3.8, 4) is 11.5 Å². The molecule has 16 heteroatoms. The fraction of sp³-hybridized carbons (Fsp3) is 0.391. The molecule has 1 aliphatic heterocycles. The summed E-state index contributed by atoms with van der Waals surface area (Å²) in [6, 6.07) is 6.19. The summed E-state index contributed by atoms with van der Waals surface area (Å²) in [5.74, 6) is -2.90. The molecule has 0 aromatic heterocycles. The topological polar surface area (TPSA) is 152 Å². The third kappa shape index (κ3) is 6.44. The Morgan fingerprint density at radius 1 is 1.21 bits per heavy atom. The molecule has 1 heterocycles. The lowest BCUT2D eigenvalue weighted by molar-refractivity contribution is -0.242. The number of carbonyl (C=O) groups excluding carboxylic acids is 1. The first-order valence-electron chi connectivity index (χ1n) is 11.1. The molecule has 2 aromatic carbocycles. The highest BCUT2D eigenvalue weighted by atomic mass is 32.2. The van der Waals surface area contributed by atoms with Crippen LogP contribution in [0.3, 0.4) is 0 Å². The number of rotatable bonds is 8. The van der Waals surface area contributed by atoms with Crippen molar-refractivity contribution in [2.24, 2.45) is 0 Å². The number of alkyl halides is 3. The van der Waals surface area contributed by atoms with E-state index < -0.39 is 69.7 Å². The van der Waals surface area contributed by atoms with Crippen LogP contribution < -0.4 is 19.1 Å². The number of aliphatic hydroxyl groups excluding tert-OH is 1. The maximum absolute atomic E-state index is 13.9. The van der Waals surface area contributed by atoms with Gasteiger partial charge in [0.2, 0.25) is 5.60 Å². The maximum atomic E-state index is 13.9. The minimum Gasteiger partial charge on any atom is -0.494 e. The molecule has 2 aromatic rings. The van der Waals surface area contributed by atoms with E-state index in [0.29, 0.717) is 13.8 Å². The van der Waals surface area contributed by atoms with E-state index in [1.54, 1.807) is 0 Å². The first kappa shape index (κ1) is 29.8. The number of aliphatic hydroxyl groups is 1. The number of aliphatic carboxylic acids is 1. The van der Waals surface area contributed by atoms with Gasteiger partial charge in [-0.1, -0.05) is 0 Å². The first-order valence-corrected chi connectivity index (χ1v) is 12.5. The second kappa shape index (κ2) is 10.8. The number of hydrogen-bond acceptors (Lipinski definition) is 8. The third-order valence-electron chi connectivity index (χ3n) is 5.65. The van der Waals surface area contributed by atoms with Crippen molar-refractivity contribution in [1.82, 2.24) is 0 Å². The first-order chi connectivity index (χ1) is 18.0. The van der Waals surface area contributed by atoms with E-state index in [1.807, 2.05) is 0 Å². The standard InChI is InChI=1S/C23H24F4N2O9S/c1-22(2,23(25,26)27)38-21(33)28-12-4-7-18-16(8-12)29(11-13(37-18)9-17(30)20(31)32)39(34,35)14-5-6-15(24)19(10-14)36-3/h4-8,10,13,17,30H,9,11H2,1-3H3,(H,28,33)(H,31,32). The second-order valence-corrected chi connectivity index (χ2v) is 10.7. The smallest absolute Gasteiger partial charge is 0.427 e. The minimum atomic E-state index is -4.87. The average Bonchev–Trinajstić information content (AvgIpc) is 2.82. The Bertz CT molecular complexity index is 1370. The predicted octanol–water partition coefficient (Wildman–Crippen LogP) is 3.52. The fourth-order valence-electron chi connectivity index (χ4n) is 3.45. The van der Waals surface area contributed by atoms with Gasteiger partial charge < -0.3 is 24.4 Å². The van der Waals surface area contributed by atoms with E-state index in [-0.39, 0.29) is 22.9 Å². The summed E-state index contributed by atoms with van der Waals surface area (Å²) in [5.41, 5.74) is -3.18. The summed E-state index contributed by atoms with van der Waals surface area (Å²) in [7, 11) is -3.40. The van der Waals surface area contributed by atoms with Crippen molar-refractivity contribution in [3.63, 3.8) is 0 Å². The van der Waals surface area contributed by atoms with E-state index in [4.69, 9.17) is 14.6 Å². The number of amides is 1.